The summed E-state index contributed by atoms with van der Waals surface area (Å²) in [5.41, 5.74) is 3.14. The van der Waals surface area contributed by atoms with Crippen molar-refractivity contribution in [3.8, 4) is 0 Å². The van der Waals surface area contributed by atoms with E-state index in [9.17, 15) is 0 Å². The van der Waals surface area contributed by atoms with Crippen LogP contribution in [0.3, 0.4) is 0 Å². The molecule has 0 saturated heterocycles. The molecule has 0 bridgehead atoms. The van der Waals surface area contributed by atoms with Gasteiger partial charge in [-0.3, -0.25) is 9.97 Å². The lowest BCUT2D eigenvalue weighted by Crippen LogP contribution is -2.01. The quantitative estimate of drug-likeness (QED) is 0.506. The van der Waals surface area contributed by atoms with Gasteiger partial charge in [0, 0.05) is 18.1 Å². The van der Waals surface area contributed by atoms with Crippen molar-refractivity contribution < 1.29 is 0 Å². The highest BCUT2D eigenvalue weighted by molar-refractivity contribution is 8.00. The van der Waals surface area contributed by atoms with Crippen molar-refractivity contribution >= 4 is 63.4 Å². The molecule has 2 N–H and O–H groups in total. The number of aromatic nitrogens is 4. The molecule has 0 spiro atoms. The van der Waals surface area contributed by atoms with E-state index in [0.29, 0.717) is 10.8 Å². The Kier molecular flexibility index (Phi) is 5.00. The fourth-order valence-corrected chi connectivity index (χ4v) is 2.72. The van der Waals surface area contributed by atoms with Crippen LogP contribution in [0.25, 0.3) is 11.0 Å². The normalized spacial score (nSPS) is 10.7. The summed E-state index contributed by atoms with van der Waals surface area (Å²) in [6, 6.07) is 3.77. The van der Waals surface area contributed by atoms with Crippen molar-refractivity contribution in [2.45, 2.75) is 6.92 Å². The van der Waals surface area contributed by atoms with E-state index in [4.69, 9.17) is 23.2 Å². The second-order valence-electron chi connectivity index (χ2n) is 4.41. The minimum Gasteiger partial charge on any atom is -0.337 e. The summed E-state index contributed by atoms with van der Waals surface area (Å²) >= 11 is 13.5. The molecule has 0 amide bonds. The third-order valence-electron chi connectivity index (χ3n) is 2.93. The van der Waals surface area contributed by atoms with Gasteiger partial charge in [0.1, 0.15) is 10.5 Å². The molecule has 3 aromatic rings. The fourth-order valence-electron chi connectivity index (χ4n) is 1.95. The van der Waals surface area contributed by atoms with E-state index in [1.807, 2.05) is 12.1 Å². The maximum Gasteiger partial charge on any atom is 0.224 e. The third-order valence-corrected chi connectivity index (χ3v) is 4.02. The molecule has 118 valence electrons. The summed E-state index contributed by atoms with van der Waals surface area (Å²) in [5, 5.41) is 3.67. The number of nitrogens with zero attached hydrogens (tertiary/aromatic N) is 4. The molecule has 0 aliphatic heterocycles. The van der Waals surface area contributed by atoms with Crippen LogP contribution in [0.15, 0.2) is 30.7 Å². The van der Waals surface area contributed by atoms with E-state index in [1.54, 1.807) is 24.3 Å². The highest BCUT2D eigenvalue weighted by Crippen LogP contribution is 2.34. The SMILES string of the molecule is CCSNc1c(Nc2nc(Cl)ncc2Cl)ccc2nccnc12. The second kappa shape index (κ2) is 7.16. The molecule has 2 aromatic heterocycles. The molecule has 0 aliphatic carbocycles. The molecule has 23 heavy (non-hydrogen) atoms. The summed E-state index contributed by atoms with van der Waals surface area (Å²) in [4.78, 5) is 16.7. The molecule has 6 nitrogen and oxygen atoms in total. The van der Waals surface area contributed by atoms with Gasteiger partial charge in [-0.15, -0.1) is 0 Å². The van der Waals surface area contributed by atoms with Gasteiger partial charge in [-0.25, -0.2) is 4.98 Å². The first kappa shape index (κ1) is 16.0. The van der Waals surface area contributed by atoms with E-state index in [2.05, 4.69) is 36.9 Å². The van der Waals surface area contributed by atoms with E-state index in [0.717, 1.165) is 28.2 Å². The number of nitrogens with one attached hydrogen (secondary N) is 2. The number of anilines is 3. The van der Waals surface area contributed by atoms with Crippen LogP contribution in [-0.4, -0.2) is 25.7 Å². The number of hydrogen-bond donors (Lipinski definition) is 2. The van der Waals surface area contributed by atoms with Crippen LogP contribution in [0.4, 0.5) is 17.2 Å². The Hall–Kier alpha value is -1.83. The molecule has 0 aliphatic rings. The van der Waals surface area contributed by atoms with Crippen LogP contribution in [0, 0.1) is 0 Å². The van der Waals surface area contributed by atoms with Gasteiger partial charge in [0.05, 0.1) is 23.1 Å². The largest absolute Gasteiger partial charge is 0.337 e. The van der Waals surface area contributed by atoms with E-state index < -0.39 is 0 Å². The topological polar surface area (TPSA) is 75.6 Å². The Morgan fingerprint density at radius 3 is 2.78 bits per heavy atom. The van der Waals surface area contributed by atoms with Crippen LogP contribution >= 0.6 is 35.1 Å². The number of fused-ring (bicyclic) bond motifs is 1. The molecule has 0 radical (unpaired) electrons. The first-order valence-corrected chi connectivity index (χ1v) is 8.49. The number of hydrogen-bond acceptors (Lipinski definition) is 7. The van der Waals surface area contributed by atoms with Gasteiger partial charge < -0.3 is 10.0 Å². The van der Waals surface area contributed by atoms with Crippen molar-refractivity contribution in [3.63, 3.8) is 0 Å². The predicted molar refractivity (Wildman–Crippen MR) is 96.6 cm³/mol. The van der Waals surface area contributed by atoms with Crippen molar-refractivity contribution in [2.24, 2.45) is 0 Å². The van der Waals surface area contributed by atoms with Gasteiger partial charge in [-0.2, -0.15) is 4.98 Å². The standard InChI is InChI=1S/C14H12Cl2N6S/c1-2-23-22-12-10(4-3-9-11(12)18-6-5-17-9)20-13-8(15)7-19-14(16)21-13/h3-7,22H,2H2,1H3,(H,19,20,21). The summed E-state index contributed by atoms with van der Waals surface area (Å²) in [6.45, 7) is 2.06. The summed E-state index contributed by atoms with van der Waals surface area (Å²) < 4.78 is 3.29. The number of rotatable bonds is 5. The highest BCUT2D eigenvalue weighted by Gasteiger charge is 2.12. The highest BCUT2D eigenvalue weighted by atomic mass is 35.5. The lowest BCUT2D eigenvalue weighted by atomic mass is 10.2. The number of halogens is 2. The van der Waals surface area contributed by atoms with Gasteiger partial charge in [0.25, 0.3) is 0 Å². The Bertz CT molecular complexity index is 845. The van der Waals surface area contributed by atoms with Gasteiger partial charge >= 0.3 is 0 Å². The maximum absolute atomic E-state index is 6.12. The Morgan fingerprint density at radius 1 is 1.13 bits per heavy atom. The van der Waals surface area contributed by atoms with Gasteiger partial charge in [-0.05, 0) is 23.7 Å². The fraction of sp³-hybridized carbons (Fsp3) is 0.143. The minimum atomic E-state index is 0.120. The Balaban J connectivity index is 2.07. The lowest BCUT2D eigenvalue weighted by molar-refractivity contribution is 1.17. The van der Waals surface area contributed by atoms with Crippen molar-refractivity contribution in [1.29, 1.82) is 0 Å². The monoisotopic (exact) mass is 366 g/mol. The van der Waals surface area contributed by atoms with E-state index in [1.165, 1.54) is 6.20 Å². The minimum absolute atomic E-state index is 0.120. The summed E-state index contributed by atoms with van der Waals surface area (Å²) in [7, 11) is 0. The summed E-state index contributed by atoms with van der Waals surface area (Å²) in [6.07, 6.45) is 4.77. The first-order valence-electron chi connectivity index (χ1n) is 6.75. The summed E-state index contributed by atoms with van der Waals surface area (Å²) in [5.74, 6) is 1.33. The van der Waals surface area contributed by atoms with Gasteiger partial charge in [0.15, 0.2) is 5.82 Å². The first-order chi connectivity index (χ1) is 11.2. The van der Waals surface area contributed by atoms with E-state index in [-0.39, 0.29) is 5.28 Å². The molecule has 3 rings (SSSR count). The van der Waals surface area contributed by atoms with Crippen LogP contribution < -0.4 is 10.0 Å². The van der Waals surface area contributed by atoms with Gasteiger partial charge in [-0.1, -0.05) is 30.5 Å². The molecule has 1 aromatic carbocycles. The van der Waals surface area contributed by atoms with E-state index >= 15 is 0 Å². The molecule has 9 heteroatoms. The number of benzene rings is 1. The lowest BCUT2D eigenvalue weighted by Gasteiger charge is -2.15. The average Bonchev–Trinajstić information content (AvgIpc) is 2.57. The zero-order chi connectivity index (χ0) is 16.2. The average molecular weight is 367 g/mol. The molecular weight excluding hydrogens is 355 g/mol. The van der Waals surface area contributed by atoms with Crippen molar-refractivity contribution in [3.05, 3.63) is 41.0 Å². The molecular formula is C14H12Cl2N6S. The zero-order valence-corrected chi connectivity index (χ0v) is 14.4. The van der Waals surface area contributed by atoms with Crippen LogP contribution in [0.5, 0.6) is 0 Å². The van der Waals surface area contributed by atoms with Crippen LogP contribution in [0.2, 0.25) is 10.3 Å². The second-order valence-corrected chi connectivity index (χ2v) is 6.22. The van der Waals surface area contributed by atoms with Gasteiger partial charge in [0.2, 0.25) is 5.28 Å². The molecule has 0 saturated carbocycles. The molecule has 0 unspecified atom stereocenters. The van der Waals surface area contributed by atoms with Crippen molar-refractivity contribution in [1.82, 2.24) is 19.9 Å². The predicted octanol–water partition coefficient (Wildman–Crippen LogP) is 4.55. The van der Waals surface area contributed by atoms with Crippen LogP contribution in [-0.2, 0) is 0 Å². The molecule has 0 atom stereocenters. The molecule has 2 heterocycles. The van der Waals surface area contributed by atoms with Crippen molar-refractivity contribution in [2.75, 3.05) is 15.8 Å². The Morgan fingerprint density at radius 2 is 1.96 bits per heavy atom. The smallest absolute Gasteiger partial charge is 0.224 e. The third kappa shape index (κ3) is 3.57. The Labute approximate surface area is 147 Å². The maximum atomic E-state index is 6.12. The zero-order valence-electron chi connectivity index (χ0n) is 12.0. The molecule has 0 fully saturated rings. The van der Waals surface area contributed by atoms with Crippen LogP contribution in [0.1, 0.15) is 6.92 Å².